The van der Waals surface area contributed by atoms with Crippen molar-refractivity contribution in [3.8, 4) is 0 Å². The van der Waals surface area contributed by atoms with Crippen molar-refractivity contribution in [2.45, 2.75) is 62.2 Å². The number of nitrogens with zero attached hydrogens (tertiary/aromatic N) is 1. The third kappa shape index (κ3) is 10.2. The molecule has 12 nitrogen and oxygen atoms in total. The van der Waals surface area contributed by atoms with Crippen LogP contribution in [0.5, 0.6) is 0 Å². The molecule has 0 saturated heterocycles. The number of nitrogens with one attached hydrogen (secondary N) is 1. The Labute approximate surface area is 403 Å². The smallest absolute Gasteiger partial charge is 0.338 e. The minimum Gasteiger partial charge on any atom is -0.464 e. The van der Waals surface area contributed by atoms with Crippen LogP contribution in [0.1, 0.15) is 67.9 Å². The summed E-state index contributed by atoms with van der Waals surface area (Å²) in [4.78, 5) is 57.5. The van der Waals surface area contributed by atoms with E-state index < -0.39 is 51.7 Å². The van der Waals surface area contributed by atoms with E-state index >= 15 is 0 Å². The Bertz CT molecular complexity index is 3010. The molecule has 7 aromatic rings. The predicted molar refractivity (Wildman–Crippen MR) is 257 cm³/mol. The topological polar surface area (TPSA) is 159 Å². The minimum atomic E-state index is -3.64. The van der Waals surface area contributed by atoms with E-state index in [1.54, 1.807) is 42.4 Å². The molecule has 348 valence electrons. The SMILES string of the molecule is CC(OC(=O)C(Cc1cccc(S(C)(=O)=O)c1)NC(=O)c1c(Cl)cc2c(c1Cl)CCN(C(=O)c1ccc3ccoc3c1)C2)OC(=O)C(C)OC(c1ccccc1)(c1ccccc1)c1ccccc1. The van der Waals surface area contributed by atoms with E-state index in [4.69, 9.17) is 41.8 Å². The number of halogens is 2. The minimum absolute atomic E-state index is 0.00266. The number of rotatable bonds is 15. The number of ether oxygens (including phenoxy) is 3. The number of amides is 2. The summed E-state index contributed by atoms with van der Waals surface area (Å²) in [5.41, 5.74) is 3.56. The fourth-order valence-corrected chi connectivity index (χ4v) is 9.89. The molecule has 0 aliphatic carbocycles. The molecular formula is C53H46Cl2N2O10S. The molecule has 8 rings (SSSR count). The zero-order chi connectivity index (χ0) is 48.2. The van der Waals surface area contributed by atoms with Gasteiger partial charge in [0.1, 0.15) is 17.2 Å². The Balaban J connectivity index is 1.01. The maximum absolute atomic E-state index is 14.2. The number of hydrogen-bond donors (Lipinski definition) is 1. The molecule has 1 aromatic heterocycles. The molecule has 15 heteroatoms. The van der Waals surface area contributed by atoms with E-state index in [0.717, 1.165) is 28.3 Å². The second-order valence-corrected chi connectivity index (χ2v) is 19.3. The standard InChI is InChI=1S/C53H46Cl2N2O10S/c1-33(67-53(39-15-7-4-8-16-39,40-17-9-5-10-18-40)41-19-11-6-12-20-41)51(60)65-34(2)66-52(61)45(29-35-14-13-21-42(28-35)68(3,62)63)56-49(58)47-44(54)30-38-32-57(26-24-43(38)48(47)55)50(59)37-23-22-36-25-27-64-46(36)31-37/h4-23,25,27-28,30-31,33-34,45H,24,26,29,32H2,1-3H3,(H,56,58). The largest absolute Gasteiger partial charge is 0.464 e. The molecule has 3 atom stereocenters. The summed E-state index contributed by atoms with van der Waals surface area (Å²) in [6.07, 6.45) is -0.0128. The summed E-state index contributed by atoms with van der Waals surface area (Å²) in [5, 5.41) is 3.58. The Morgan fingerprint density at radius 2 is 1.38 bits per heavy atom. The molecule has 1 aliphatic rings. The fraction of sp³-hybridized carbons (Fsp3) is 0.208. The highest BCUT2D eigenvalue weighted by molar-refractivity contribution is 7.90. The first-order valence-electron chi connectivity index (χ1n) is 21.7. The molecule has 0 spiro atoms. The molecule has 2 heterocycles. The monoisotopic (exact) mass is 972 g/mol. The van der Waals surface area contributed by atoms with E-state index in [-0.39, 0.29) is 39.4 Å². The Morgan fingerprint density at radius 1 is 0.765 bits per heavy atom. The Kier molecular flexibility index (Phi) is 14.2. The fourth-order valence-electron chi connectivity index (χ4n) is 8.43. The molecule has 0 saturated carbocycles. The third-order valence-corrected chi connectivity index (χ3v) is 13.6. The van der Waals surface area contributed by atoms with E-state index in [1.807, 2.05) is 103 Å². The average Bonchev–Trinajstić information content (AvgIpc) is 3.81. The van der Waals surface area contributed by atoms with Gasteiger partial charge in [0.05, 0.1) is 26.8 Å². The molecular weight excluding hydrogens is 928 g/mol. The van der Waals surface area contributed by atoms with E-state index in [1.165, 1.54) is 25.1 Å². The molecule has 0 bridgehead atoms. The summed E-state index contributed by atoms with van der Waals surface area (Å²) < 4.78 is 48.6. The highest BCUT2D eigenvalue weighted by atomic mass is 35.5. The number of furan rings is 1. The number of carbonyl (C=O) groups is 4. The number of hydrogen-bond acceptors (Lipinski definition) is 10. The zero-order valence-electron chi connectivity index (χ0n) is 37.2. The van der Waals surface area contributed by atoms with Crippen LogP contribution in [0.2, 0.25) is 10.0 Å². The van der Waals surface area contributed by atoms with E-state index in [9.17, 15) is 27.6 Å². The van der Waals surface area contributed by atoms with Crippen LogP contribution in [0.25, 0.3) is 11.0 Å². The lowest BCUT2D eigenvalue weighted by atomic mass is 9.80. The van der Waals surface area contributed by atoms with E-state index in [2.05, 4.69) is 5.32 Å². The van der Waals surface area contributed by atoms with Gasteiger partial charge < -0.3 is 28.8 Å². The summed E-state index contributed by atoms with van der Waals surface area (Å²) in [6, 6.07) is 41.5. The summed E-state index contributed by atoms with van der Waals surface area (Å²) in [5.74, 6) is -2.88. The summed E-state index contributed by atoms with van der Waals surface area (Å²) in [6.45, 7) is 3.36. The van der Waals surface area contributed by atoms with Crippen molar-refractivity contribution in [2.75, 3.05) is 12.8 Å². The van der Waals surface area contributed by atoms with Crippen molar-refractivity contribution in [1.82, 2.24) is 10.2 Å². The number of carbonyl (C=O) groups excluding carboxylic acids is 4. The van der Waals surface area contributed by atoms with Crippen LogP contribution in [-0.2, 0) is 58.6 Å². The molecule has 1 N–H and O–H groups in total. The molecule has 1 aliphatic heterocycles. The van der Waals surface area contributed by atoms with Crippen molar-refractivity contribution >= 4 is 67.8 Å². The van der Waals surface area contributed by atoms with Gasteiger partial charge in [0.25, 0.3) is 11.8 Å². The first-order valence-corrected chi connectivity index (χ1v) is 24.4. The van der Waals surface area contributed by atoms with Gasteiger partial charge in [-0.1, -0.05) is 132 Å². The number of fused-ring (bicyclic) bond motifs is 2. The van der Waals surface area contributed by atoms with Crippen LogP contribution in [0.15, 0.2) is 161 Å². The highest BCUT2D eigenvalue weighted by Gasteiger charge is 2.41. The van der Waals surface area contributed by atoms with Gasteiger partial charge in [0.15, 0.2) is 15.9 Å². The van der Waals surface area contributed by atoms with Gasteiger partial charge in [-0.25, -0.2) is 18.0 Å². The maximum atomic E-state index is 14.2. The summed E-state index contributed by atoms with van der Waals surface area (Å²) >= 11 is 13.7. The highest BCUT2D eigenvalue weighted by Crippen LogP contribution is 2.42. The second-order valence-electron chi connectivity index (χ2n) is 16.5. The Morgan fingerprint density at radius 3 is 2.00 bits per heavy atom. The van der Waals surface area contributed by atoms with Crippen molar-refractivity contribution in [3.63, 3.8) is 0 Å². The average molecular weight is 974 g/mol. The van der Waals surface area contributed by atoms with Crippen LogP contribution in [0.4, 0.5) is 0 Å². The lowest BCUT2D eigenvalue weighted by Crippen LogP contribution is -2.45. The summed E-state index contributed by atoms with van der Waals surface area (Å²) in [7, 11) is -3.64. The second kappa shape index (κ2) is 20.2. The van der Waals surface area contributed by atoms with Gasteiger partial charge >= 0.3 is 11.9 Å². The van der Waals surface area contributed by atoms with Gasteiger partial charge in [-0.2, -0.15) is 0 Å². The molecule has 0 radical (unpaired) electrons. The normalized spacial score (nSPS) is 14.0. The van der Waals surface area contributed by atoms with Gasteiger partial charge in [0, 0.05) is 43.6 Å². The van der Waals surface area contributed by atoms with Crippen molar-refractivity contribution < 1.29 is 46.2 Å². The van der Waals surface area contributed by atoms with Crippen molar-refractivity contribution in [1.29, 1.82) is 0 Å². The van der Waals surface area contributed by atoms with Crippen LogP contribution < -0.4 is 5.32 Å². The zero-order valence-corrected chi connectivity index (χ0v) is 39.5. The van der Waals surface area contributed by atoms with Crippen LogP contribution >= 0.6 is 23.2 Å². The quantitative estimate of drug-likeness (QED) is 0.0596. The number of benzene rings is 6. The van der Waals surface area contributed by atoms with Gasteiger partial charge in [0.2, 0.25) is 6.29 Å². The first-order chi connectivity index (χ1) is 32.6. The van der Waals surface area contributed by atoms with Gasteiger partial charge in [-0.05, 0) is 83.1 Å². The van der Waals surface area contributed by atoms with E-state index in [0.29, 0.717) is 40.8 Å². The number of sulfone groups is 1. The lowest BCUT2D eigenvalue weighted by molar-refractivity contribution is -0.196. The third-order valence-electron chi connectivity index (χ3n) is 11.8. The lowest BCUT2D eigenvalue weighted by Gasteiger charge is -2.37. The molecule has 6 aromatic carbocycles. The molecule has 3 unspecified atom stereocenters. The first kappa shape index (κ1) is 47.7. The molecule has 0 fully saturated rings. The molecule has 68 heavy (non-hydrogen) atoms. The van der Waals surface area contributed by atoms with Crippen LogP contribution in [-0.4, -0.2) is 68.3 Å². The Hall–Kier alpha value is -6.77. The maximum Gasteiger partial charge on any atom is 0.338 e. The predicted octanol–water partition coefficient (Wildman–Crippen LogP) is 9.51. The number of esters is 2. The van der Waals surface area contributed by atoms with Gasteiger partial charge in [-0.15, -0.1) is 0 Å². The van der Waals surface area contributed by atoms with Crippen LogP contribution in [0.3, 0.4) is 0 Å². The van der Waals surface area contributed by atoms with Crippen molar-refractivity contribution in [3.05, 3.63) is 206 Å². The molecule has 2 amide bonds. The van der Waals surface area contributed by atoms with Gasteiger partial charge in [-0.3, -0.25) is 9.59 Å². The van der Waals surface area contributed by atoms with Crippen molar-refractivity contribution in [2.24, 2.45) is 0 Å². The van der Waals surface area contributed by atoms with Crippen LogP contribution in [0, 0.1) is 0 Å².